The summed E-state index contributed by atoms with van der Waals surface area (Å²) in [6.45, 7) is 6.41. The van der Waals surface area contributed by atoms with Gasteiger partial charge in [0.1, 0.15) is 11.5 Å². The number of aldehydes is 1. The van der Waals surface area contributed by atoms with Crippen LogP contribution in [0, 0.1) is 17.3 Å². The van der Waals surface area contributed by atoms with E-state index in [2.05, 4.69) is 26.8 Å². The molecule has 0 spiro atoms. The minimum Gasteiger partial charge on any atom is -0.423 e. The Labute approximate surface area is 254 Å². The topological polar surface area (TPSA) is 60.4 Å². The highest BCUT2D eigenvalue weighted by molar-refractivity contribution is 6.15. The van der Waals surface area contributed by atoms with E-state index in [9.17, 15) is 14.4 Å². The first-order valence-corrected chi connectivity index (χ1v) is 15.7. The molecule has 3 aromatic rings. The van der Waals surface area contributed by atoms with E-state index >= 15 is 0 Å². The Balaban J connectivity index is 1.21. The number of hydrogen-bond donors (Lipinski definition) is 0. The van der Waals surface area contributed by atoms with Gasteiger partial charge in [0.15, 0.2) is 6.29 Å². The summed E-state index contributed by atoms with van der Waals surface area (Å²) in [5.41, 5.74) is 6.69. The molecule has 2 fully saturated rings. The average Bonchev–Trinajstić information content (AvgIpc) is 3.32. The Morgan fingerprint density at radius 1 is 0.977 bits per heavy atom. The monoisotopic (exact) mass is 572 g/mol. The van der Waals surface area contributed by atoms with Gasteiger partial charge in [0.25, 0.3) is 0 Å². The van der Waals surface area contributed by atoms with E-state index in [-0.39, 0.29) is 11.3 Å². The Morgan fingerprint density at radius 3 is 2.56 bits per heavy atom. The van der Waals surface area contributed by atoms with Crippen LogP contribution in [-0.4, -0.2) is 18.0 Å². The van der Waals surface area contributed by atoms with Crippen LogP contribution in [0.2, 0.25) is 0 Å². The zero-order valence-corrected chi connectivity index (χ0v) is 25.3. The standard InChI is InChI=1S/C39H40O4/c1-25(2)31-11-7-10-27(38(31)29(24-40)22-26-8-5-4-6-9-26)13-19-37(42)43-30-14-16-32-28(23-30)12-15-34-33(32)20-21-39(3)35(34)17-18-36(39)41/h4-11,13-14,16,19,22-25,33-35H,12,15,17-18,20-21H2,1-3H3/b19-13+,29-22-/t33-,34-,35+,39+/m1/s1. The molecule has 0 aromatic heterocycles. The smallest absolute Gasteiger partial charge is 0.336 e. The number of benzene rings is 3. The summed E-state index contributed by atoms with van der Waals surface area (Å²) in [5.74, 6) is 2.31. The first kappa shape index (κ1) is 29.0. The van der Waals surface area contributed by atoms with Crippen LogP contribution in [0.1, 0.15) is 98.1 Å². The van der Waals surface area contributed by atoms with E-state index in [1.54, 1.807) is 6.08 Å². The fourth-order valence-electron chi connectivity index (χ4n) is 8.14. The lowest BCUT2D eigenvalue weighted by molar-refractivity contribution is -0.129. The van der Waals surface area contributed by atoms with Crippen LogP contribution in [0.25, 0.3) is 17.7 Å². The molecule has 4 nitrogen and oxygen atoms in total. The van der Waals surface area contributed by atoms with Gasteiger partial charge in [-0.2, -0.15) is 0 Å². The van der Waals surface area contributed by atoms with Crippen molar-refractivity contribution < 1.29 is 19.1 Å². The molecule has 43 heavy (non-hydrogen) atoms. The Bertz CT molecular complexity index is 1610. The van der Waals surface area contributed by atoms with Crippen LogP contribution in [0.5, 0.6) is 5.75 Å². The van der Waals surface area contributed by atoms with Gasteiger partial charge in [0.2, 0.25) is 0 Å². The van der Waals surface area contributed by atoms with Crippen LogP contribution in [0.4, 0.5) is 0 Å². The van der Waals surface area contributed by atoms with Crippen molar-refractivity contribution >= 4 is 35.8 Å². The molecule has 0 amide bonds. The highest BCUT2D eigenvalue weighted by atomic mass is 16.5. The number of Topliss-reactive ketones (excluding diaryl/α,β-unsaturated/α-hetero) is 1. The molecule has 0 radical (unpaired) electrons. The minimum atomic E-state index is -0.452. The van der Waals surface area contributed by atoms with Gasteiger partial charge < -0.3 is 4.74 Å². The summed E-state index contributed by atoms with van der Waals surface area (Å²) in [6.07, 6.45) is 11.8. The van der Waals surface area contributed by atoms with E-state index < -0.39 is 5.97 Å². The lowest BCUT2D eigenvalue weighted by Gasteiger charge is -2.48. The zero-order chi connectivity index (χ0) is 30.1. The van der Waals surface area contributed by atoms with Crippen molar-refractivity contribution in [1.82, 2.24) is 0 Å². The van der Waals surface area contributed by atoms with Crippen molar-refractivity contribution in [2.75, 3.05) is 0 Å². The van der Waals surface area contributed by atoms with Gasteiger partial charge in [-0.15, -0.1) is 0 Å². The fourth-order valence-corrected chi connectivity index (χ4v) is 8.14. The lowest BCUT2D eigenvalue weighted by Crippen LogP contribution is -2.42. The van der Waals surface area contributed by atoms with Gasteiger partial charge in [-0.1, -0.05) is 75.4 Å². The Hall–Kier alpha value is -4.05. The van der Waals surface area contributed by atoms with Gasteiger partial charge in [0, 0.05) is 23.5 Å². The number of rotatable bonds is 7. The SMILES string of the molecule is CC(C)c1cccc(/C=C/C(=O)Oc2ccc3c(c2)CC[C@@H]2[C@@H]3CC[C@]3(C)C(=O)CC[C@@H]23)c1/C(C=O)=C\c1ccccc1. The first-order chi connectivity index (χ1) is 20.8. The van der Waals surface area contributed by atoms with Crippen molar-refractivity contribution in [2.24, 2.45) is 17.3 Å². The van der Waals surface area contributed by atoms with Crippen molar-refractivity contribution in [3.8, 4) is 5.75 Å². The van der Waals surface area contributed by atoms with Crippen LogP contribution in [-0.2, 0) is 20.8 Å². The second kappa shape index (κ2) is 11.9. The third kappa shape index (κ3) is 5.56. The molecule has 0 unspecified atom stereocenters. The molecule has 3 aliphatic rings. The van der Waals surface area contributed by atoms with Gasteiger partial charge in [-0.05, 0) is 113 Å². The molecule has 0 heterocycles. The predicted octanol–water partition coefficient (Wildman–Crippen LogP) is 8.59. The second-order valence-corrected chi connectivity index (χ2v) is 13.0. The maximum absolute atomic E-state index is 13.0. The van der Waals surface area contributed by atoms with Crippen LogP contribution >= 0.6 is 0 Å². The zero-order valence-electron chi connectivity index (χ0n) is 25.3. The predicted molar refractivity (Wildman–Crippen MR) is 172 cm³/mol. The molecule has 4 atom stereocenters. The number of ether oxygens (including phenoxy) is 1. The highest BCUT2D eigenvalue weighted by Gasteiger charge is 2.54. The molecule has 0 bridgehead atoms. The van der Waals surface area contributed by atoms with E-state index in [0.29, 0.717) is 34.9 Å². The number of hydrogen-bond acceptors (Lipinski definition) is 4. The van der Waals surface area contributed by atoms with Gasteiger partial charge in [0.05, 0.1) is 0 Å². The molecule has 3 aromatic carbocycles. The molecular weight excluding hydrogens is 532 g/mol. The Morgan fingerprint density at radius 2 is 1.79 bits per heavy atom. The number of allylic oxidation sites excluding steroid dienone is 1. The normalized spacial score (nSPS) is 24.9. The molecular formula is C39H40O4. The second-order valence-electron chi connectivity index (χ2n) is 13.0. The maximum Gasteiger partial charge on any atom is 0.336 e. The quantitative estimate of drug-likeness (QED) is 0.0935. The molecule has 220 valence electrons. The molecule has 0 N–H and O–H groups in total. The van der Waals surface area contributed by atoms with E-state index in [4.69, 9.17) is 4.74 Å². The van der Waals surface area contributed by atoms with Crippen molar-refractivity contribution in [1.29, 1.82) is 0 Å². The summed E-state index contributed by atoms with van der Waals surface area (Å²) in [7, 11) is 0. The number of fused-ring (bicyclic) bond motifs is 5. The number of aryl methyl sites for hydroxylation is 1. The van der Waals surface area contributed by atoms with Gasteiger partial charge in [-0.3, -0.25) is 9.59 Å². The third-order valence-electron chi connectivity index (χ3n) is 10.3. The molecule has 0 aliphatic heterocycles. The van der Waals surface area contributed by atoms with Crippen molar-refractivity contribution in [2.45, 2.75) is 71.1 Å². The first-order valence-electron chi connectivity index (χ1n) is 15.7. The summed E-state index contributed by atoms with van der Waals surface area (Å²) < 4.78 is 5.78. The highest BCUT2D eigenvalue weighted by Crippen LogP contribution is 2.59. The van der Waals surface area contributed by atoms with Crippen LogP contribution in [0.3, 0.4) is 0 Å². The fraction of sp³-hybridized carbons (Fsp3) is 0.359. The van der Waals surface area contributed by atoms with E-state index in [1.165, 1.54) is 17.2 Å². The molecule has 6 rings (SSSR count). The average molecular weight is 573 g/mol. The summed E-state index contributed by atoms with van der Waals surface area (Å²) in [4.78, 5) is 38.0. The number of carbonyl (C=O) groups excluding carboxylic acids is 3. The van der Waals surface area contributed by atoms with Crippen molar-refractivity contribution in [3.63, 3.8) is 0 Å². The minimum absolute atomic E-state index is 0.126. The molecule has 2 saturated carbocycles. The molecule has 4 heteroatoms. The maximum atomic E-state index is 13.0. The van der Waals surface area contributed by atoms with E-state index in [1.807, 2.05) is 66.7 Å². The number of carbonyl (C=O) groups is 3. The summed E-state index contributed by atoms with van der Waals surface area (Å²) >= 11 is 0. The lowest BCUT2D eigenvalue weighted by atomic mass is 9.55. The van der Waals surface area contributed by atoms with Crippen molar-refractivity contribution in [3.05, 3.63) is 106 Å². The summed E-state index contributed by atoms with van der Waals surface area (Å²) in [5, 5.41) is 0. The molecule has 0 saturated heterocycles. The van der Waals surface area contributed by atoms with E-state index in [0.717, 1.165) is 67.1 Å². The van der Waals surface area contributed by atoms with Crippen LogP contribution < -0.4 is 4.74 Å². The number of ketones is 1. The third-order valence-corrected chi connectivity index (χ3v) is 10.3. The molecule has 3 aliphatic carbocycles. The summed E-state index contributed by atoms with van der Waals surface area (Å²) in [6, 6.07) is 21.8. The van der Waals surface area contributed by atoms with Gasteiger partial charge >= 0.3 is 5.97 Å². The number of esters is 1. The largest absolute Gasteiger partial charge is 0.423 e. The Kier molecular flexibility index (Phi) is 8.05. The van der Waals surface area contributed by atoms with Gasteiger partial charge in [-0.25, -0.2) is 4.79 Å². The van der Waals surface area contributed by atoms with Crippen LogP contribution in [0.15, 0.2) is 72.8 Å².